The average molecular weight is 538 g/mol. The SMILES string of the molecule is COC(=O)[C@@H]1C(=O)NC(SCC(=O)Nc2ccc(Cl)c(C(F)(F)F)c2)=C(C#N)[C@H]1c1ccc(C)cc1. The molecule has 36 heavy (non-hydrogen) atoms. The first kappa shape index (κ1) is 27.1. The minimum Gasteiger partial charge on any atom is -0.468 e. The molecule has 1 heterocycles. The summed E-state index contributed by atoms with van der Waals surface area (Å²) in [7, 11) is 1.13. The monoisotopic (exact) mass is 537 g/mol. The number of hydrogen-bond acceptors (Lipinski definition) is 6. The van der Waals surface area contributed by atoms with Gasteiger partial charge in [0.15, 0.2) is 0 Å². The summed E-state index contributed by atoms with van der Waals surface area (Å²) in [6.07, 6.45) is -4.70. The van der Waals surface area contributed by atoms with Crippen LogP contribution in [0, 0.1) is 24.2 Å². The maximum Gasteiger partial charge on any atom is 0.417 e. The second-order valence-electron chi connectivity index (χ2n) is 7.76. The molecule has 0 spiro atoms. The average Bonchev–Trinajstić information content (AvgIpc) is 2.82. The summed E-state index contributed by atoms with van der Waals surface area (Å²) in [5.41, 5.74) is 0.294. The molecule has 0 unspecified atom stereocenters. The van der Waals surface area contributed by atoms with E-state index in [2.05, 4.69) is 10.6 Å². The molecule has 2 aromatic rings. The number of aryl methyl sites for hydroxylation is 1. The van der Waals surface area contributed by atoms with Gasteiger partial charge >= 0.3 is 12.1 Å². The third-order valence-corrected chi connectivity index (χ3v) is 6.67. The minimum atomic E-state index is -4.70. The van der Waals surface area contributed by atoms with Crippen molar-refractivity contribution in [2.75, 3.05) is 18.2 Å². The normalized spacial score (nSPS) is 17.8. The van der Waals surface area contributed by atoms with Crippen LogP contribution in [0.15, 0.2) is 53.1 Å². The third kappa shape index (κ3) is 6.01. The number of nitrogens with one attached hydrogen (secondary N) is 2. The third-order valence-electron chi connectivity index (χ3n) is 5.32. The molecule has 0 aromatic heterocycles. The van der Waals surface area contributed by atoms with Crippen LogP contribution >= 0.6 is 23.4 Å². The fourth-order valence-corrected chi connectivity index (χ4v) is 4.68. The molecule has 0 saturated carbocycles. The van der Waals surface area contributed by atoms with E-state index in [1.54, 1.807) is 24.3 Å². The highest BCUT2D eigenvalue weighted by Gasteiger charge is 2.44. The zero-order chi connectivity index (χ0) is 26.6. The van der Waals surface area contributed by atoms with Crippen molar-refractivity contribution in [3.05, 3.63) is 74.8 Å². The van der Waals surface area contributed by atoms with Crippen LogP contribution < -0.4 is 10.6 Å². The van der Waals surface area contributed by atoms with Crippen molar-refractivity contribution in [3.63, 3.8) is 0 Å². The molecular formula is C24H19ClF3N3O4S. The van der Waals surface area contributed by atoms with E-state index < -0.39 is 46.4 Å². The molecule has 0 radical (unpaired) electrons. The number of allylic oxidation sites excluding steroid dienone is 1. The standard InChI is InChI=1S/C24H19ClF3N3O4S/c1-12-3-5-13(6-4-12)19-15(10-29)22(31-21(33)20(19)23(34)35-2)36-11-18(32)30-14-7-8-17(25)16(9-14)24(26,27)28/h3-9,19-20H,11H2,1-2H3,(H,30,32)(H,31,33)/t19-,20+/m1/s1. The van der Waals surface area contributed by atoms with Gasteiger partial charge in [0, 0.05) is 11.6 Å². The van der Waals surface area contributed by atoms with E-state index in [4.69, 9.17) is 16.3 Å². The van der Waals surface area contributed by atoms with Gasteiger partial charge in [-0.2, -0.15) is 18.4 Å². The van der Waals surface area contributed by atoms with Gasteiger partial charge in [-0.25, -0.2) is 0 Å². The number of nitriles is 1. The number of amides is 2. The number of carbonyl (C=O) groups is 3. The van der Waals surface area contributed by atoms with Crippen LogP contribution in [0.25, 0.3) is 0 Å². The molecule has 12 heteroatoms. The Hall–Kier alpha value is -3.49. The topological polar surface area (TPSA) is 108 Å². The van der Waals surface area contributed by atoms with Crippen LogP contribution in [0.2, 0.25) is 5.02 Å². The Balaban J connectivity index is 1.86. The summed E-state index contributed by atoms with van der Waals surface area (Å²) in [5.74, 6) is -4.82. The Kier molecular flexibility index (Phi) is 8.32. The van der Waals surface area contributed by atoms with E-state index >= 15 is 0 Å². The van der Waals surface area contributed by atoms with E-state index in [1.807, 2.05) is 13.0 Å². The molecule has 1 aliphatic heterocycles. The van der Waals surface area contributed by atoms with E-state index in [0.29, 0.717) is 11.6 Å². The molecular weight excluding hydrogens is 519 g/mol. The van der Waals surface area contributed by atoms with E-state index in [1.165, 1.54) is 6.07 Å². The Morgan fingerprint density at radius 1 is 1.22 bits per heavy atom. The lowest BCUT2D eigenvalue weighted by molar-refractivity contribution is -0.150. The number of ether oxygens (including phenoxy) is 1. The van der Waals surface area contributed by atoms with Crippen molar-refractivity contribution in [3.8, 4) is 6.07 Å². The van der Waals surface area contributed by atoms with Gasteiger partial charge < -0.3 is 15.4 Å². The zero-order valence-electron chi connectivity index (χ0n) is 18.9. The Morgan fingerprint density at radius 2 is 1.89 bits per heavy atom. The Bertz CT molecular complexity index is 1270. The summed E-state index contributed by atoms with van der Waals surface area (Å²) in [6.45, 7) is 1.86. The number of benzene rings is 2. The zero-order valence-corrected chi connectivity index (χ0v) is 20.5. The van der Waals surface area contributed by atoms with Gasteiger partial charge in [-0.3, -0.25) is 14.4 Å². The molecule has 1 aliphatic rings. The van der Waals surface area contributed by atoms with Crippen molar-refractivity contribution in [2.45, 2.75) is 19.0 Å². The van der Waals surface area contributed by atoms with Crippen molar-refractivity contribution in [2.24, 2.45) is 5.92 Å². The van der Waals surface area contributed by atoms with Crippen LogP contribution in [0.4, 0.5) is 18.9 Å². The Labute approximate surface area is 213 Å². The highest BCUT2D eigenvalue weighted by atomic mass is 35.5. The molecule has 188 valence electrons. The van der Waals surface area contributed by atoms with Gasteiger partial charge in [-0.1, -0.05) is 53.2 Å². The fraction of sp³-hybridized carbons (Fsp3) is 0.250. The number of anilines is 1. The summed E-state index contributed by atoms with van der Waals surface area (Å²) >= 11 is 6.41. The molecule has 2 N–H and O–H groups in total. The number of halogens is 4. The largest absolute Gasteiger partial charge is 0.468 e. The number of nitrogens with zero attached hydrogens (tertiary/aromatic N) is 1. The molecule has 0 fully saturated rings. The number of methoxy groups -OCH3 is 1. The van der Waals surface area contributed by atoms with Gasteiger partial charge in [-0.15, -0.1) is 0 Å². The van der Waals surface area contributed by atoms with E-state index in [0.717, 1.165) is 30.5 Å². The first-order chi connectivity index (χ1) is 17.0. The molecule has 2 aromatic carbocycles. The lowest BCUT2D eigenvalue weighted by Crippen LogP contribution is -2.44. The predicted molar refractivity (Wildman–Crippen MR) is 128 cm³/mol. The van der Waals surface area contributed by atoms with Gasteiger partial charge in [0.1, 0.15) is 5.92 Å². The van der Waals surface area contributed by atoms with Crippen LogP contribution in [0.1, 0.15) is 22.6 Å². The fourth-order valence-electron chi connectivity index (χ4n) is 3.61. The second-order valence-corrected chi connectivity index (χ2v) is 9.16. The first-order valence-corrected chi connectivity index (χ1v) is 11.7. The lowest BCUT2D eigenvalue weighted by atomic mass is 9.78. The van der Waals surface area contributed by atoms with Crippen molar-refractivity contribution in [1.29, 1.82) is 5.26 Å². The Morgan fingerprint density at radius 3 is 2.47 bits per heavy atom. The number of esters is 1. The number of thioether (sulfide) groups is 1. The maximum atomic E-state index is 13.1. The van der Waals surface area contributed by atoms with Crippen molar-refractivity contribution in [1.82, 2.24) is 5.32 Å². The first-order valence-electron chi connectivity index (χ1n) is 10.3. The summed E-state index contributed by atoms with van der Waals surface area (Å²) < 4.78 is 44.0. The van der Waals surface area contributed by atoms with E-state index in [-0.39, 0.29) is 22.0 Å². The minimum absolute atomic E-state index is 0.0532. The number of alkyl halides is 3. The molecule has 0 aliphatic carbocycles. The van der Waals surface area contributed by atoms with Crippen LogP contribution in [-0.2, 0) is 25.3 Å². The number of carbonyl (C=O) groups excluding carboxylic acids is 3. The highest BCUT2D eigenvalue weighted by Crippen LogP contribution is 2.40. The summed E-state index contributed by atoms with van der Waals surface area (Å²) in [6, 6.07) is 11.9. The van der Waals surface area contributed by atoms with E-state index in [9.17, 15) is 32.8 Å². The van der Waals surface area contributed by atoms with Crippen LogP contribution in [-0.4, -0.2) is 30.6 Å². The van der Waals surface area contributed by atoms with Gasteiger partial charge in [0.25, 0.3) is 0 Å². The maximum absolute atomic E-state index is 13.1. The summed E-state index contributed by atoms with van der Waals surface area (Å²) in [4.78, 5) is 37.7. The highest BCUT2D eigenvalue weighted by molar-refractivity contribution is 8.03. The molecule has 0 bridgehead atoms. The number of hydrogen-bond donors (Lipinski definition) is 2. The lowest BCUT2D eigenvalue weighted by Gasteiger charge is -2.31. The molecule has 2 amide bonds. The molecule has 7 nitrogen and oxygen atoms in total. The van der Waals surface area contributed by atoms with Crippen molar-refractivity contribution < 1.29 is 32.3 Å². The summed E-state index contributed by atoms with van der Waals surface area (Å²) in [5, 5.41) is 14.3. The molecule has 3 rings (SSSR count). The quantitative estimate of drug-likeness (QED) is 0.406. The second kappa shape index (κ2) is 11.1. The molecule has 0 saturated heterocycles. The predicted octanol–water partition coefficient (Wildman–Crippen LogP) is 4.78. The van der Waals surface area contributed by atoms with Gasteiger partial charge in [0.05, 0.1) is 40.1 Å². The van der Waals surface area contributed by atoms with Crippen LogP contribution in [0.5, 0.6) is 0 Å². The number of rotatable bonds is 6. The smallest absolute Gasteiger partial charge is 0.417 e. The van der Waals surface area contributed by atoms with Gasteiger partial charge in [-0.05, 0) is 30.7 Å². The van der Waals surface area contributed by atoms with Crippen LogP contribution in [0.3, 0.4) is 0 Å². The van der Waals surface area contributed by atoms with Crippen molar-refractivity contribution >= 4 is 46.8 Å². The molecule has 2 atom stereocenters. The van der Waals surface area contributed by atoms with Gasteiger partial charge in [0.2, 0.25) is 11.8 Å².